The second-order valence-corrected chi connectivity index (χ2v) is 10.2. The molecule has 0 unspecified atom stereocenters. The van der Waals surface area contributed by atoms with Gasteiger partial charge < -0.3 is 14.8 Å². The Morgan fingerprint density at radius 1 is 1.14 bits per heavy atom. The largest absolute Gasteiger partial charge is 0.534 e. The number of nitrogens with one attached hydrogen (secondary N) is 2. The Balaban J connectivity index is 1.84. The zero-order valence-corrected chi connectivity index (χ0v) is 17.4. The predicted octanol–water partition coefficient (Wildman–Crippen LogP) is 4.18. The summed E-state index contributed by atoms with van der Waals surface area (Å²) in [5.74, 6) is -0.419. The number of aromatic nitrogens is 1. The molecule has 1 aromatic heterocycles. The molecule has 0 bridgehead atoms. The molecule has 0 spiro atoms. The Hall–Kier alpha value is -2.07. The van der Waals surface area contributed by atoms with E-state index < -0.39 is 21.4 Å². The van der Waals surface area contributed by atoms with Crippen molar-refractivity contribution in [1.29, 1.82) is 0 Å². The van der Waals surface area contributed by atoms with Gasteiger partial charge in [0, 0.05) is 22.5 Å². The lowest BCUT2D eigenvalue weighted by molar-refractivity contribution is -0.0500. The third-order valence-electron chi connectivity index (χ3n) is 4.70. The van der Waals surface area contributed by atoms with Crippen LogP contribution in [0.2, 0.25) is 0 Å². The normalized spacial score (nSPS) is 19.8. The molecule has 1 aromatic carbocycles. The number of alkyl halides is 3. The molecule has 0 atom stereocenters. The average Bonchev–Trinajstić information content (AvgIpc) is 2.49. The summed E-state index contributed by atoms with van der Waals surface area (Å²) in [7, 11) is -5.72. The highest BCUT2D eigenvalue weighted by molar-refractivity contribution is 7.88. The second kappa shape index (κ2) is 7.02. The standard InChI is InChI=1S/C19H24F3N3O3S/c1-17(2)9-14(10-18(3,4)25-17)24-13-7-12-8-15(5-6-16(12)23-11-13)28-29(26,27)19(20,21)22/h5-8,11,14,24-25H,9-10H2,1-4H3. The molecule has 0 radical (unpaired) electrons. The molecule has 2 aromatic rings. The second-order valence-electron chi connectivity index (χ2n) is 8.70. The first-order valence-corrected chi connectivity index (χ1v) is 10.5. The molecule has 29 heavy (non-hydrogen) atoms. The van der Waals surface area contributed by atoms with Crippen LogP contribution in [0, 0.1) is 0 Å². The van der Waals surface area contributed by atoms with E-state index in [1.54, 1.807) is 12.3 Å². The fourth-order valence-electron chi connectivity index (χ4n) is 4.07. The van der Waals surface area contributed by atoms with Crippen LogP contribution in [0.4, 0.5) is 18.9 Å². The SMILES string of the molecule is CC1(C)CC(Nc2cnc3ccc(OS(=O)(=O)C(F)(F)F)cc3c2)CC(C)(C)N1. The number of piperidine rings is 1. The molecule has 1 saturated heterocycles. The minimum atomic E-state index is -5.72. The molecule has 6 nitrogen and oxygen atoms in total. The molecule has 1 aliphatic rings. The third-order valence-corrected chi connectivity index (χ3v) is 5.68. The van der Waals surface area contributed by atoms with E-state index in [0.717, 1.165) is 18.9 Å². The maximum atomic E-state index is 12.5. The van der Waals surface area contributed by atoms with Gasteiger partial charge in [-0.25, -0.2) is 0 Å². The Morgan fingerprint density at radius 3 is 2.34 bits per heavy atom. The number of rotatable bonds is 4. The Labute approximate surface area is 168 Å². The summed E-state index contributed by atoms with van der Waals surface area (Å²) in [6.07, 6.45) is 3.40. The van der Waals surface area contributed by atoms with Gasteiger partial charge in [-0.05, 0) is 64.8 Å². The van der Waals surface area contributed by atoms with Crippen molar-refractivity contribution in [2.75, 3.05) is 5.32 Å². The molecule has 1 aliphatic heterocycles. The fourth-order valence-corrected chi connectivity index (χ4v) is 4.53. The number of hydrogen-bond acceptors (Lipinski definition) is 6. The quantitative estimate of drug-likeness (QED) is 0.558. The topological polar surface area (TPSA) is 80.3 Å². The number of anilines is 1. The molecule has 2 N–H and O–H groups in total. The number of fused-ring (bicyclic) bond motifs is 1. The summed E-state index contributed by atoms with van der Waals surface area (Å²) in [5.41, 5.74) is -4.39. The highest BCUT2D eigenvalue weighted by atomic mass is 32.2. The number of pyridine rings is 1. The van der Waals surface area contributed by atoms with Crippen molar-refractivity contribution in [2.45, 2.75) is 63.2 Å². The minimum Gasteiger partial charge on any atom is -0.381 e. The van der Waals surface area contributed by atoms with E-state index in [4.69, 9.17) is 0 Å². The summed E-state index contributed by atoms with van der Waals surface area (Å²) < 4.78 is 64.3. The van der Waals surface area contributed by atoms with Gasteiger partial charge in [-0.1, -0.05) is 0 Å². The molecule has 0 amide bonds. The van der Waals surface area contributed by atoms with Gasteiger partial charge >= 0.3 is 15.6 Å². The van der Waals surface area contributed by atoms with Gasteiger partial charge in [0.1, 0.15) is 5.75 Å². The van der Waals surface area contributed by atoms with Crippen LogP contribution >= 0.6 is 0 Å². The van der Waals surface area contributed by atoms with E-state index in [9.17, 15) is 21.6 Å². The zero-order chi connectivity index (χ0) is 21.7. The molecule has 1 fully saturated rings. The Morgan fingerprint density at radius 2 is 1.76 bits per heavy atom. The van der Waals surface area contributed by atoms with Gasteiger partial charge in [-0.3, -0.25) is 4.98 Å². The van der Waals surface area contributed by atoms with Crippen LogP contribution in [0.1, 0.15) is 40.5 Å². The van der Waals surface area contributed by atoms with Crippen molar-refractivity contribution in [2.24, 2.45) is 0 Å². The van der Waals surface area contributed by atoms with Crippen molar-refractivity contribution < 1.29 is 25.8 Å². The summed E-state index contributed by atoms with van der Waals surface area (Å²) >= 11 is 0. The first-order valence-electron chi connectivity index (χ1n) is 9.12. The number of nitrogens with zero attached hydrogens (tertiary/aromatic N) is 1. The lowest BCUT2D eigenvalue weighted by Crippen LogP contribution is -2.60. The lowest BCUT2D eigenvalue weighted by Gasteiger charge is -2.46. The van der Waals surface area contributed by atoms with E-state index >= 15 is 0 Å². The summed E-state index contributed by atoms with van der Waals surface area (Å²) in [5, 5.41) is 7.50. The predicted molar refractivity (Wildman–Crippen MR) is 105 cm³/mol. The first kappa shape index (κ1) is 21.6. The van der Waals surface area contributed by atoms with Crippen LogP contribution < -0.4 is 14.8 Å². The molecule has 0 saturated carbocycles. The van der Waals surface area contributed by atoms with Gasteiger partial charge in [0.2, 0.25) is 0 Å². The molecule has 0 aliphatic carbocycles. The highest BCUT2D eigenvalue weighted by Gasteiger charge is 2.48. The smallest absolute Gasteiger partial charge is 0.381 e. The van der Waals surface area contributed by atoms with Crippen LogP contribution in [0.15, 0.2) is 30.5 Å². The minimum absolute atomic E-state index is 0.0589. The monoisotopic (exact) mass is 431 g/mol. The number of hydrogen-bond donors (Lipinski definition) is 2. The van der Waals surface area contributed by atoms with Gasteiger partial charge in [0.25, 0.3) is 0 Å². The Bertz CT molecular complexity index is 1000. The van der Waals surface area contributed by atoms with Crippen molar-refractivity contribution in [1.82, 2.24) is 10.3 Å². The van der Waals surface area contributed by atoms with Gasteiger partial charge in [0.15, 0.2) is 0 Å². The average molecular weight is 431 g/mol. The lowest BCUT2D eigenvalue weighted by atomic mass is 9.79. The molecule has 3 rings (SSSR count). The molecule has 160 valence electrons. The molecule has 10 heteroatoms. The zero-order valence-electron chi connectivity index (χ0n) is 16.6. The van der Waals surface area contributed by atoms with Gasteiger partial charge in [-0.15, -0.1) is 0 Å². The summed E-state index contributed by atoms with van der Waals surface area (Å²) in [6.45, 7) is 8.52. The van der Waals surface area contributed by atoms with Crippen LogP contribution in [-0.2, 0) is 10.1 Å². The van der Waals surface area contributed by atoms with Crippen LogP contribution in [0.25, 0.3) is 10.9 Å². The van der Waals surface area contributed by atoms with Gasteiger partial charge in [0.05, 0.1) is 17.4 Å². The van der Waals surface area contributed by atoms with Crippen LogP contribution in [-0.4, -0.2) is 36.0 Å². The molecular weight excluding hydrogens is 407 g/mol. The van der Waals surface area contributed by atoms with Crippen LogP contribution in [0.5, 0.6) is 5.75 Å². The highest BCUT2D eigenvalue weighted by Crippen LogP contribution is 2.32. The van der Waals surface area contributed by atoms with Crippen LogP contribution in [0.3, 0.4) is 0 Å². The third kappa shape index (κ3) is 5.11. The number of halogens is 3. The fraction of sp³-hybridized carbons (Fsp3) is 0.526. The maximum absolute atomic E-state index is 12.5. The van der Waals surface area contributed by atoms with E-state index in [1.165, 1.54) is 12.1 Å². The molecular formula is C19H24F3N3O3S. The van der Waals surface area contributed by atoms with E-state index in [0.29, 0.717) is 16.6 Å². The van der Waals surface area contributed by atoms with Crippen molar-refractivity contribution in [3.8, 4) is 5.75 Å². The van der Waals surface area contributed by atoms with E-state index in [2.05, 4.69) is 47.5 Å². The maximum Gasteiger partial charge on any atom is 0.534 e. The first-order chi connectivity index (χ1) is 13.2. The Kier molecular flexibility index (Phi) is 5.23. The van der Waals surface area contributed by atoms with Crippen molar-refractivity contribution in [3.05, 3.63) is 30.5 Å². The summed E-state index contributed by atoms with van der Waals surface area (Å²) in [6, 6.07) is 5.68. The molecule has 2 heterocycles. The van der Waals surface area contributed by atoms with Crippen molar-refractivity contribution >= 4 is 26.7 Å². The van der Waals surface area contributed by atoms with E-state index in [-0.39, 0.29) is 17.1 Å². The van der Waals surface area contributed by atoms with Gasteiger partial charge in [-0.2, -0.15) is 21.6 Å². The summed E-state index contributed by atoms with van der Waals surface area (Å²) in [4.78, 5) is 4.30. The van der Waals surface area contributed by atoms with Crippen molar-refractivity contribution in [3.63, 3.8) is 0 Å². The number of benzene rings is 1. The van der Waals surface area contributed by atoms with E-state index in [1.807, 2.05) is 0 Å².